The molecule has 28 heavy (non-hydrogen) atoms. The Morgan fingerprint density at radius 2 is 1.86 bits per heavy atom. The predicted molar refractivity (Wildman–Crippen MR) is 109 cm³/mol. The molecule has 0 spiro atoms. The number of aromatic nitrogens is 2. The molecular weight excluding hydrogens is 358 g/mol. The van der Waals surface area contributed by atoms with E-state index in [2.05, 4.69) is 20.6 Å². The molecule has 148 valence electrons. The van der Waals surface area contributed by atoms with Crippen LogP contribution in [0.2, 0.25) is 0 Å². The van der Waals surface area contributed by atoms with Gasteiger partial charge >= 0.3 is 0 Å². The molecule has 0 bridgehead atoms. The fourth-order valence-electron chi connectivity index (χ4n) is 2.52. The highest BCUT2D eigenvalue weighted by molar-refractivity contribution is 5.97. The Kier molecular flexibility index (Phi) is 5.62. The van der Waals surface area contributed by atoms with Crippen LogP contribution < -0.4 is 21.3 Å². The fraction of sp³-hybridized carbons (Fsp3) is 0.368. The van der Waals surface area contributed by atoms with E-state index in [9.17, 15) is 9.59 Å². The van der Waals surface area contributed by atoms with Crippen LogP contribution in [0.25, 0.3) is 0 Å². The number of nitrogens with one attached hydrogen (secondary N) is 2. The summed E-state index contributed by atoms with van der Waals surface area (Å²) in [5.41, 5.74) is 7.39. The largest absolute Gasteiger partial charge is 0.367 e. The second-order valence-electron chi connectivity index (χ2n) is 7.05. The van der Waals surface area contributed by atoms with Gasteiger partial charge in [0.2, 0.25) is 11.9 Å². The summed E-state index contributed by atoms with van der Waals surface area (Å²) in [6, 6.07) is 7.91. The van der Waals surface area contributed by atoms with E-state index in [1.165, 1.54) is 6.20 Å². The Hall–Kier alpha value is -3.36. The number of primary amides is 1. The van der Waals surface area contributed by atoms with Crippen molar-refractivity contribution in [2.45, 2.75) is 18.9 Å². The van der Waals surface area contributed by atoms with Gasteiger partial charge in [-0.1, -0.05) is 0 Å². The molecule has 1 aromatic carbocycles. The van der Waals surface area contributed by atoms with Crippen LogP contribution in [0.5, 0.6) is 0 Å². The van der Waals surface area contributed by atoms with Gasteiger partial charge < -0.3 is 26.2 Å². The normalized spacial score (nSPS) is 13.0. The van der Waals surface area contributed by atoms with Crippen molar-refractivity contribution in [2.75, 3.05) is 43.2 Å². The van der Waals surface area contributed by atoms with Crippen LogP contribution >= 0.6 is 0 Å². The maximum absolute atomic E-state index is 11.8. The van der Waals surface area contributed by atoms with Gasteiger partial charge in [-0.3, -0.25) is 9.59 Å². The maximum Gasteiger partial charge on any atom is 0.254 e. The smallest absolute Gasteiger partial charge is 0.254 e. The minimum absolute atomic E-state index is 0.0309. The van der Waals surface area contributed by atoms with E-state index in [0.717, 1.165) is 24.2 Å². The van der Waals surface area contributed by atoms with Crippen molar-refractivity contribution in [1.29, 1.82) is 0 Å². The van der Waals surface area contributed by atoms with Crippen molar-refractivity contribution < 1.29 is 9.59 Å². The summed E-state index contributed by atoms with van der Waals surface area (Å²) < 4.78 is 0. The number of likely N-dealkylation sites (N-methyl/N-ethyl adjacent to an activating group) is 2. The highest BCUT2D eigenvalue weighted by Gasteiger charge is 2.24. The van der Waals surface area contributed by atoms with E-state index >= 15 is 0 Å². The average molecular weight is 383 g/mol. The molecule has 0 unspecified atom stereocenters. The van der Waals surface area contributed by atoms with Crippen molar-refractivity contribution in [2.24, 2.45) is 5.73 Å². The summed E-state index contributed by atoms with van der Waals surface area (Å²) in [7, 11) is 5.34. The number of hydrogen-bond acceptors (Lipinski definition) is 7. The van der Waals surface area contributed by atoms with Crippen LogP contribution in [0.3, 0.4) is 0 Å². The monoisotopic (exact) mass is 383 g/mol. The molecule has 2 aromatic rings. The first-order valence-electron chi connectivity index (χ1n) is 9.05. The molecule has 0 aliphatic heterocycles. The Morgan fingerprint density at radius 1 is 1.18 bits per heavy atom. The molecule has 1 heterocycles. The summed E-state index contributed by atoms with van der Waals surface area (Å²) in [6.07, 6.45) is 3.53. The van der Waals surface area contributed by atoms with E-state index in [0.29, 0.717) is 24.4 Å². The van der Waals surface area contributed by atoms with Crippen molar-refractivity contribution in [1.82, 2.24) is 14.9 Å². The van der Waals surface area contributed by atoms with Gasteiger partial charge in [-0.05, 0) is 37.1 Å². The third-order valence-corrected chi connectivity index (χ3v) is 4.41. The standard InChI is InChI=1S/C19H25N7O2/c1-25(2)16(27)11-26(3)14-8-6-13(7-9-14)23-19-21-10-15(17(20)28)18(24-19)22-12-4-5-12/h6-10,12H,4-5,11H2,1-3H3,(H2,20,28)(H2,21,22,23,24). The highest BCUT2D eigenvalue weighted by atomic mass is 16.2. The van der Waals surface area contributed by atoms with Crippen molar-refractivity contribution in [3.05, 3.63) is 36.0 Å². The van der Waals surface area contributed by atoms with Crippen LogP contribution in [0.1, 0.15) is 23.2 Å². The van der Waals surface area contributed by atoms with Gasteiger partial charge in [0, 0.05) is 44.8 Å². The van der Waals surface area contributed by atoms with Crippen molar-refractivity contribution in [3.63, 3.8) is 0 Å². The molecule has 1 aliphatic rings. The number of benzene rings is 1. The highest BCUT2D eigenvalue weighted by Crippen LogP contribution is 2.26. The summed E-state index contributed by atoms with van der Waals surface area (Å²) in [4.78, 5) is 35.4. The molecular formula is C19H25N7O2. The SMILES string of the molecule is CN(C)C(=O)CN(C)c1ccc(Nc2ncc(C(N)=O)c(NC3CC3)n2)cc1. The number of carbonyl (C=O) groups is 2. The van der Waals surface area contributed by atoms with E-state index in [4.69, 9.17) is 5.73 Å². The van der Waals surface area contributed by atoms with E-state index in [1.54, 1.807) is 19.0 Å². The maximum atomic E-state index is 11.8. The third-order valence-electron chi connectivity index (χ3n) is 4.41. The Labute approximate surface area is 163 Å². The minimum Gasteiger partial charge on any atom is -0.367 e. The first-order chi connectivity index (χ1) is 13.3. The fourth-order valence-corrected chi connectivity index (χ4v) is 2.52. The number of nitrogens with zero attached hydrogens (tertiary/aromatic N) is 4. The van der Waals surface area contributed by atoms with Gasteiger partial charge in [-0.15, -0.1) is 0 Å². The molecule has 1 fully saturated rings. The number of anilines is 4. The van der Waals surface area contributed by atoms with Gasteiger partial charge in [0.25, 0.3) is 5.91 Å². The van der Waals surface area contributed by atoms with Gasteiger partial charge in [-0.25, -0.2) is 4.98 Å². The molecule has 0 atom stereocenters. The van der Waals surface area contributed by atoms with Crippen LogP contribution in [-0.4, -0.2) is 60.4 Å². The van der Waals surface area contributed by atoms with Crippen LogP contribution in [0.15, 0.2) is 30.5 Å². The Bertz CT molecular complexity index is 863. The summed E-state index contributed by atoms with van der Waals surface area (Å²) in [5, 5.41) is 6.33. The lowest BCUT2D eigenvalue weighted by molar-refractivity contribution is -0.127. The molecule has 2 amide bonds. The molecule has 1 saturated carbocycles. The van der Waals surface area contributed by atoms with Gasteiger partial charge in [-0.2, -0.15) is 4.98 Å². The number of rotatable bonds is 8. The zero-order valence-electron chi connectivity index (χ0n) is 16.3. The molecule has 0 radical (unpaired) electrons. The van der Waals surface area contributed by atoms with E-state index in [1.807, 2.05) is 36.2 Å². The number of amides is 2. The molecule has 9 heteroatoms. The van der Waals surface area contributed by atoms with E-state index in [-0.39, 0.29) is 11.5 Å². The molecule has 0 saturated heterocycles. The molecule has 3 rings (SSSR count). The molecule has 4 N–H and O–H groups in total. The second kappa shape index (κ2) is 8.12. The summed E-state index contributed by atoms with van der Waals surface area (Å²) in [6.45, 7) is 0.299. The van der Waals surface area contributed by atoms with E-state index < -0.39 is 5.91 Å². The van der Waals surface area contributed by atoms with Crippen LogP contribution in [0, 0.1) is 0 Å². The Balaban J connectivity index is 1.69. The van der Waals surface area contributed by atoms with Gasteiger partial charge in [0.15, 0.2) is 0 Å². The Morgan fingerprint density at radius 3 is 2.43 bits per heavy atom. The average Bonchev–Trinajstić information content (AvgIpc) is 3.46. The number of nitrogens with two attached hydrogens (primary N) is 1. The second-order valence-corrected chi connectivity index (χ2v) is 7.05. The van der Waals surface area contributed by atoms with Crippen LogP contribution in [-0.2, 0) is 4.79 Å². The quantitative estimate of drug-likeness (QED) is 0.631. The van der Waals surface area contributed by atoms with Crippen LogP contribution in [0.4, 0.5) is 23.1 Å². The van der Waals surface area contributed by atoms with Gasteiger partial charge in [0.1, 0.15) is 5.82 Å². The minimum atomic E-state index is -0.561. The lowest BCUT2D eigenvalue weighted by Crippen LogP contribution is -2.34. The first kappa shape index (κ1) is 19.4. The lowest BCUT2D eigenvalue weighted by atomic mass is 10.2. The summed E-state index contributed by atoms with van der Waals surface area (Å²) >= 11 is 0. The lowest BCUT2D eigenvalue weighted by Gasteiger charge is -2.21. The first-order valence-corrected chi connectivity index (χ1v) is 9.05. The molecule has 9 nitrogen and oxygen atoms in total. The third kappa shape index (κ3) is 4.87. The number of carbonyl (C=O) groups excluding carboxylic acids is 2. The zero-order chi connectivity index (χ0) is 20.3. The molecule has 1 aromatic heterocycles. The zero-order valence-corrected chi connectivity index (χ0v) is 16.3. The number of hydrogen-bond donors (Lipinski definition) is 3. The predicted octanol–water partition coefficient (Wildman–Crippen LogP) is 1.42. The topological polar surface area (TPSA) is 116 Å². The molecule has 1 aliphatic carbocycles. The summed E-state index contributed by atoms with van der Waals surface area (Å²) in [5.74, 6) is 0.292. The van der Waals surface area contributed by atoms with Gasteiger partial charge in [0.05, 0.1) is 12.1 Å². The van der Waals surface area contributed by atoms with Crippen molar-refractivity contribution in [3.8, 4) is 0 Å². The van der Waals surface area contributed by atoms with Crippen molar-refractivity contribution >= 4 is 35.0 Å².